The van der Waals surface area contributed by atoms with E-state index in [0.717, 1.165) is 31.6 Å². The molecule has 0 atom stereocenters. The van der Waals surface area contributed by atoms with Gasteiger partial charge in [-0.2, -0.15) is 4.39 Å². The van der Waals surface area contributed by atoms with Gasteiger partial charge in [-0.15, -0.1) is 0 Å². The number of hydrogen-bond donors (Lipinski definition) is 1. The predicted molar refractivity (Wildman–Crippen MR) is 92.8 cm³/mol. The van der Waals surface area contributed by atoms with Crippen LogP contribution in [-0.4, -0.2) is 35.9 Å². The van der Waals surface area contributed by atoms with E-state index in [-0.39, 0.29) is 5.56 Å². The lowest BCUT2D eigenvalue weighted by molar-refractivity contribution is -0.387. The number of carbonyl (C=O) groups excluding carboxylic acids is 1. The van der Waals surface area contributed by atoms with Crippen molar-refractivity contribution in [2.45, 2.75) is 13.0 Å². The van der Waals surface area contributed by atoms with E-state index in [1.165, 1.54) is 11.6 Å². The van der Waals surface area contributed by atoms with Crippen molar-refractivity contribution in [3.05, 3.63) is 75.6 Å². The van der Waals surface area contributed by atoms with E-state index in [4.69, 9.17) is 0 Å². The van der Waals surface area contributed by atoms with Crippen molar-refractivity contribution in [2.24, 2.45) is 0 Å². The first-order valence-electron chi connectivity index (χ1n) is 7.92. The fourth-order valence-electron chi connectivity index (χ4n) is 2.42. The average molecular weight is 345 g/mol. The van der Waals surface area contributed by atoms with E-state index in [1.54, 1.807) is 0 Å². The molecule has 2 aromatic rings. The summed E-state index contributed by atoms with van der Waals surface area (Å²) in [6.07, 6.45) is 0.741. The van der Waals surface area contributed by atoms with Crippen LogP contribution in [-0.2, 0) is 6.54 Å². The lowest BCUT2D eigenvalue weighted by Crippen LogP contribution is -2.28. The lowest BCUT2D eigenvalue weighted by Gasteiger charge is -2.16. The summed E-state index contributed by atoms with van der Waals surface area (Å²) in [5, 5.41) is 13.3. The Kier molecular flexibility index (Phi) is 6.59. The molecule has 0 bridgehead atoms. The molecule has 0 saturated heterocycles. The molecular weight excluding hydrogens is 325 g/mol. The van der Waals surface area contributed by atoms with Gasteiger partial charge < -0.3 is 10.2 Å². The first kappa shape index (κ1) is 18.5. The number of nitrogens with zero attached hydrogens (tertiary/aromatic N) is 2. The highest BCUT2D eigenvalue weighted by atomic mass is 19.1. The highest BCUT2D eigenvalue weighted by Gasteiger charge is 2.16. The summed E-state index contributed by atoms with van der Waals surface area (Å²) in [6, 6.07) is 13.2. The van der Waals surface area contributed by atoms with Crippen molar-refractivity contribution in [3.8, 4) is 0 Å². The SMILES string of the molecule is CN(CCCNC(=O)c1ccc([N+](=O)[O-])c(F)c1)Cc1ccccc1. The minimum atomic E-state index is -1.01. The van der Waals surface area contributed by atoms with Gasteiger partial charge in [0.2, 0.25) is 5.82 Å². The van der Waals surface area contributed by atoms with Crippen molar-refractivity contribution >= 4 is 11.6 Å². The van der Waals surface area contributed by atoms with Crippen LogP contribution in [0.15, 0.2) is 48.5 Å². The van der Waals surface area contributed by atoms with Crippen molar-refractivity contribution in [2.75, 3.05) is 20.1 Å². The van der Waals surface area contributed by atoms with Gasteiger partial charge in [0.25, 0.3) is 5.91 Å². The van der Waals surface area contributed by atoms with Crippen molar-refractivity contribution in [1.29, 1.82) is 0 Å². The van der Waals surface area contributed by atoms with Gasteiger partial charge in [0.05, 0.1) is 4.92 Å². The molecule has 25 heavy (non-hydrogen) atoms. The molecule has 0 aliphatic rings. The van der Waals surface area contributed by atoms with Crippen LogP contribution in [0.1, 0.15) is 22.3 Å². The third-order valence-electron chi connectivity index (χ3n) is 3.70. The zero-order chi connectivity index (χ0) is 18.2. The molecule has 0 radical (unpaired) electrons. The van der Waals surface area contributed by atoms with Gasteiger partial charge >= 0.3 is 5.69 Å². The molecule has 0 heterocycles. The number of benzene rings is 2. The summed E-state index contributed by atoms with van der Waals surface area (Å²) in [5.41, 5.74) is 0.648. The van der Waals surface area contributed by atoms with E-state index in [1.807, 2.05) is 25.2 Å². The van der Waals surface area contributed by atoms with Crippen molar-refractivity contribution in [1.82, 2.24) is 10.2 Å². The number of carbonyl (C=O) groups is 1. The van der Waals surface area contributed by atoms with Crippen LogP contribution in [0.25, 0.3) is 0 Å². The first-order chi connectivity index (χ1) is 12.0. The van der Waals surface area contributed by atoms with Crippen molar-refractivity contribution in [3.63, 3.8) is 0 Å². The van der Waals surface area contributed by atoms with Gasteiger partial charge in [0.1, 0.15) is 0 Å². The fraction of sp³-hybridized carbons (Fsp3) is 0.278. The Morgan fingerprint density at radius 2 is 1.96 bits per heavy atom. The van der Waals surface area contributed by atoms with E-state index in [9.17, 15) is 19.3 Å². The molecule has 1 amide bonds. The minimum Gasteiger partial charge on any atom is -0.352 e. The minimum absolute atomic E-state index is 0.0701. The molecule has 6 nitrogen and oxygen atoms in total. The number of halogens is 1. The number of nitrogens with one attached hydrogen (secondary N) is 1. The molecule has 0 aliphatic carbocycles. The molecule has 0 spiro atoms. The molecule has 0 unspecified atom stereocenters. The van der Waals surface area contributed by atoms with Gasteiger partial charge in [-0.1, -0.05) is 30.3 Å². The predicted octanol–water partition coefficient (Wildman–Crippen LogP) is 2.99. The number of nitro benzene ring substituents is 1. The number of hydrogen-bond acceptors (Lipinski definition) is 4. The van der Waals surface area contributed by atoms with E-state index in [2.05, 4.69) is 22.3 Å². The van der Waals surface area contributed by atoms with Gasteiger partial charge in [-0.25, -0.2) is 0 Å². The smallest absolute Gasteiger partial charge is 0.304 e. The second kappa shape index (κ2) is 8.89. The number of nitro groups is 1. The molecule has 0 aromatic heterocycles. The van der Waals surface area contributed by atoms with Crippen LogP contribution >= 0.6 is 0 Å². The lowest BCUT2D eigenvalue weighted by atomic mass is 10.2. The summed E-state index contributed by atoms with van der Waals surface area (Å²) in [7, 11) is 2.00. The third kappa shape index (κ3) is 5.65. The first-order valence-corrected chi connectivity index (χ1v) is 7.92. The van der Waals surface area contributed by atoms with Crippen LogP contribution in [0.4, 0.5) is 10.1 Å². The highest BCUT2D eigenvalue weighted by molar-refractivity contribution is 5.94. The molecule has 0 fully saturated rings. The summed E-state index contributed by atoms with van der Waals surface area (Å²) >= 11 is 0. The zero-order valence-corrected chi connectivity index (χ0v) is 13.9. The van der Waals surface area contributed by atoms with Gasteiger partial charge in [-0.05, 0) is 37.7 Å². The average Bonchev–Trinajstić information content (AvgIpc) is 2.59. The van der Waals surface area contributed by atoms with Crippen LogP contribution in [0.5, 0.6) is 0 Å². The summed E-state index contributed by atoms with van der Waals surface area (Å²) in [4.78, 5) is 23.8. The van der Waals surface area contributed by atoms with Crippen LogP contribution in [0, 0.1) is 15.9 Å². The summed E-state index contributed by atoms with van der Waals surface area (Å²) in [6.45, 7) is 2.06. The van der Waals surface area contributed by atoms with Crippen LogP contribution < -0.4 is 5.32 Å². The summed E-state index contributed by atoms with van der Waals surface area (Å²) < 4.78 is 13.5. The van der Waals surface area contributed by atoms with Gasteiger partial charge in [0, 0.05) is 24.7 Å². The number of rotatable bonds is 8. The molecule has 0 aliphatic heterocycles. The summed E-state index contributed by atoms with van der Waals surface area (Å²) in [5.74, 6) is -1.46. The molecule has 2 aromatic carbocycles. The molecule has 7 heteroatoms. The Balaban J connectivity index is 1.75. The topological polar surface area (TPSA) is 75.5 Å². The Labute approximate surface area is 145 Å². The zero-order valence-electron chi connectivity index (χ0n) is 13.9. The Bertz CT molecular complexity index is 738. The van der Waals surface area contributed by atoms with Crippen molar-refractivity contribution < 1.29 is 14.1 Å². The normalized spacial score (nSPS) is 10.7. The second-order valence-electron chi connectivity index (χ2n) is 5.76. The van der Waals surface area contributed by atoms with Crippen LogP contribution in [0.2, 0.25) is 0 Å². The van der Waals surface area contributed by atoms with Crippen LogP contribution in [0.3, 0.4) is 0 Å². The van der Waals surface area contributed by atoms with E-state index in [0.29, 0.717) is 6.54 Å². The molecule has 132 valence electrons. The number of amides is 1. The van der Waals surface area contributed by atoms with Gasteiger partial charge in [0.15, 0.2) is 0 Å². The van der Waals surface area contributed by atoms with E-state index >= 15 is 0 Å². The quantitative estimate of drug-likeness (QED) is 0.453. The highest BCUT2D eigenvalue weighted by Crippen LogP contribution is 2.17. The maximum absolute atomic E-state index is 13.5. The maximum Gasteiger partial charge on any atom is 0.304 e. The third-order valence-corrected chi connectivity index (χ3v) is 3.70. The Morgan fingerprint density at radius 1 is 1.24 bits per heavy atom. The Hall–Kier alpha value is -2.80. The van der Waals surface area contributed by atoms with E-state index < -0.39 is 22.3 Å². The molecular formula is C18H20FN3O3. The Morgan fingerprint density at radius 3 is 2.60 bits per heavy atom. The maximum atomic E-state index is 13.5. The standard InChI is InChI=1S/C18H20FN3O3/c1-21(13-14-6-3-2-4-7-14)11-5-10-20-18(23)15-8-9-17(22(24)25)16(19)12-15/h2-4,6-9,12H,5,10-11,13H2,1H3,(H,20,23). The molecule has 2 rings (SSSR count). The van der Waals surface area contributed by atoms with Gasteiger partial charge in [-0.3, -0.25) is 14.9 Å². The molecule has 0 saturated carbocycles. The fourth-order valence-corrected chi connectivity index (χ4v) is 2.42. The molecule has 1 N–H and O–H groups in total. The monoisotopic (exact) mass is 345 g/mol. The largest absolute Gasteiger partial charge is 0.352 e. The second-order valence-corrected chi connectivity index (χ2v) is 5.76.